The van der Waals surface area contributed by atoms with Gasteiger partial charge in [-0.3, -0.25) is 4.79 Å². The van der Waals surface area contributed by atoms with Gasteiger partial charge in [-0.1, -0.05) is 18.5 Å². The van der Waals surface area contributed by atoms with E-state index in [1.54, 1.807) is 7.05 Å². The number of aromatic nitrogens is 1. The number of nitrogens with one attached hydrogen (secondary N) is 1. The first-order valence-electron chi connectivity index (χ1n) is 6.91. The van der Waals surface area contributed by atoms with Gasteiger partial charge in [0.25, 0.3) is 5.91 Å². The maximum atomic E-state index is 11.9. The quantitative estimate of drug-likeness (QED) is 0.888. The molecule has 1 atom stereocenters. The Morgan fingerprint density at radius 1 is 1.50 bits per heavy atom. The van der Waals surface area contributed by atoms with Crippen molar-refractivity contribution in [2.45, 2.75) is 33.3 Å². The molecule has 1 aromatic rings. The summed E-state index contributed by atoms with van der Waals surface area (Å²) in [5.41, 5.74) is 1.00. The van der Waals surface area contributed by atoms with Crippen LogP contribution in [0, 0.1) is 5.92 Å². The van der Waals surface area contributed by atoms with Crippen LogP contribution in [0.3, 0.4) is 0 Å². The van der Waals surface area contributed by atoms with E-state index in [2.05, 4.69) is 10.3 Å². The zero-order valence-electron chi connectivity index (χ0n) is 13.5. The number of carbonyl (C=O) groups excluding carboxylic acids is 2. The molecule has 1 rings (SSSR count). The van der Waals surface area contributed by atoms with Crippen LogP contribution in [-0.4, -0.2) is 47.6 Å². The molecular weight excluding hydrogens is 326 g/mol. The smallest absolute Gasteiger partial charge is 0.410 e. The number of carbonyl (C=O) groups is 2. The minimum Gasteiger partial charge on any atom is -0.444 e. The normalized spacial score (nSPS) is 12.6. The van der Waals surface area contributed by atoms with Crippen LogP contribution < -0.4 is 5.32 Å². The maximum absolute atomic E-state index is 11.9. The zero-order valence-corrected chi connectivity index (χ0v) is 15.0. The standard InChI is InChI=1S/C14H22ClN3O3S/c1-9(7-18(5)13(20)21-14(2,3)4)6-16-12(19)10-11(15)17-8-22-10/h8-9H,6-7H2,1-5H3,(H,16,19)/t9-/m0/s1. The summed E-state index contributed by atoms with van der Waals surface area (Å²) in [6.45, 7) is 8.31. The highest BCUT2D eigenvalue weighted by molar-refractivity contribution is 7.12. The largest absolute Gasteiger partial charge is 0.444 e. The van der Waals surface area contributed by atoms with Gasteiger partial charge in [0, 0.05) is 20.1 Å². The lowest BCUT2D eigenvalue weighted by Crippen LogP contribution is -2.39. The number of nitrogens with zero attached hydrogens (tertiary/aromatic N) is 2. The van der Waals surface area contributed by atoms with E-state index in [9.17, 15) is 9.59 Å². The van der Waals surface area contributed by atoms with Crippen molar-refractivity contribution < 1.29 is 14.3 Å². The van der Waals surface area contributed by atoms with E-state index >= 15 is 0 Å². The fourth-order valence-electron chi connectivity index (χ4n) is 1.67. The molecule has 124 valence electrons. The second kappa shape index (κ2) is 7.78. The molecular formula is C14H22ClN3O3S. The molecule has 0 aliphatic rings. The van der Waals surface area contributed by atoms with Crippen molar-refractivity contribution in [1.82, 2.24) is 15.2 Å². The summed E-state index contributed by atoms with van der Waals surface area (Å²) in [7, 11) is 1.67. The van der Waals surface area contributed by atoms with Gasteiger partial charge in [0.1, 0.15) is 10.5 Å². The molecule has 0 fully saturated rings. The first-order chi connectivity index (χ1) is 10.1. The van der Waals surface area contributed by atoms with E-state index < -0.39 is 5.60 Å². The first-order valence-corrected chi connectivity index (χ1v) is 8.17. The van der Waals surface area contributed by atoms with Gasteiger partial charge >= 0.3 is 6.09 Å². The summed E-state index contributed by atoms with van der Waals surface area (Å²) in [5, 5.41) is 3.00. The summed E-state index contributed by atoms with van der Waals surface area (Å²) in [6.07, 6.45) is -0.379. The molecule has 0 bridgehead atoms. The number of hydrogen-bond donors (Lipinski definition) is 1. The summed E-state index contributed by atoms with van der Waals surface area (Å²) in [6, 6.07) is 0. The molecule has 1 aromatic heterocycles. The summed E-state index contributed by atoms with van der Waals surface area (Å²) < 4.78 is 5.28. The van der Waals surface area contributed by atoms with Gasteiger partial charge in [-0.15, -0.1) is 11.3 Å². The average Bonchev–Trinajstić information content (AvgIpc) is 2.80. The van der Waals surface area contributed by atoms with Gasteiger partial charge in [0.2, 0.25) is 0 Å². The first kappa shape index (κ1) is 18.7. The molecule has 0 radical (unpaired) electrons. The molecule has 8 heteroatoms. The molecule has 0 spiro atoms. The zero-order chi connectivity index (χ0) is 16.9. The van der Waals surface area contributed by atoms with E-state index in [1.807, 2.05) is 27.7 Å². The average molecular weight is 348 g/mol. The van der Waals surface area contributed by atoms with E-state index in [0.717, 1.165) is 0 Å². The second-order valence-electron chi connectivity index (χ2n) is 6.15. The Kier molecular flexibility index (Phi) is 6.62. The lowest BCUT2D eigenvalue weighted by Gasteiger charge is -2.26. The van der Waals surface area contributed by atoms with E-state index in [-0.39, 0.29) is 23.1 Å². The Bertz CT molecular complexity index is 528. The molecule has 1 N–H and O–H groups in total. The maximum Gasteiger partial charge on any atom is 0.410 e. The topological polar surface area (TPSA) is 71.5 Å². The minimum atomic E-state index is -0.522. The predicted molar refractivity (Wildman–Crippen MR) is 87.5 cm³/mol. The van der Waals surface area contributed by atoms with Crippen LogP contribution in [0.2, 0.25) is 5.15 Å². The van der Waals surface area contributed by atoms with Crippen LogP contribution in [0.15, 0.2) is 5.51 Å². The van der Waals surface area contributed by atoms with E-state index in [1.165, 1.54) is 21.7 Å². The SMILES string of the molecule is C[C@@H](CNC(=O)c1scnc1Cl)CN(C)C(=O)OC(C)(C)C. The van der Waals surface area contributed by atoms with Gasteiger partial charge in [-0.25, -0.2) is 9.78 Å². The van der Waals surface area contributed by atoms with Crippen molar-refractivity contribution in [2.75, 3.05) is 20.1 Å². The van der Waals surface area contributed by atoms with Crippen LogP contribution in [0.1, 0.15) is 37.4 Å². The van der Waals surface area contributed by atoms with Crippen LogP contribution in [0.4, 0.5) is 4.79 Å². The Morgan fingerprint density at radius 2 is 2.14 bits per heavy atom. The lowest BCUT2D eigenvalue weighted by atomic mass is 10.1. The summed E-state index contributed by atoms with van der Waals surface area (Å²) in [5.74, 6) is -0.174. The third-order valence-electron chi connectivity index (χ3n) is 2.63. The van der Waals surface area contributed by atoms with E-state index in [0.29, 0.717) is 18.0 Å². The van der Waals surface area contributed by atoms with Crippen LogP contribution in [0.25, 0.3) is 0 Å². The minimum absolute atomic E-state index is 0.0770. The third-order valence-corrected chi connectivity index (χ3v) is 3.86. The van der Waals surface area contributed by atoms with Crippen molar-refractivity contribution in [3.63, 3.8) is 0 Å². The molecule has 0 aromatic carbocycles. The molecule has 22 heavy (non-hydrogen) atoms. The molecule has 0 aliphatic carbocycles. The molecule has 2 amide bonds. The number of hydrogen-bond acceptors (Lipinski definition) is 5. The predicted octanol–water partition coefficient (Wildman–Crippen LogP) is 3.03. The lowest BCUT2D eigenvalue weighted by molar-refractivity contribution is 0.0277. The molecule has 0 saturated carbocycles. The highest BCUT2D eigenvalue weighted by Gasteiger charge is 2.21. The molecule has 6 nitrogen and oxygen atoms in total. The van der Waals surface area contributed by atoms with Gasteiger partial charge in [-0.2, -0.15) is 0 Å². The number of ether oxygens (including phenoxy) is 1. The second-order valence-corrected chi connectivity index (χ2v) is 7.36. The Labute approximate surface area is 139 Å². The Balaban J connectivity index is 2.40. The number of amides is 2. The molecule has 0 saturated heterocycles. The van der Waals surface area contributed by atoms with Crippen molar-refractivity contribution >= 4 is 34.9 Å². The number of thiazole rings is 1. The Hall–Kier alpha value is -1.34. The molecule has 0 aliphatic heterocycles. The Morgan fingerprint density at radius 3 is 2.64 bits per heavy atom. The van der Waals surface area contributed by atoms with Gasteiger partial charge < -0.3 is 15.0 Å². The highest BCUT2D eigenvalue weighted by atomic mass is 35.5. The highest BCUT2D eigenvalue weighted by Crippen LogP contribution is 2.18. The van der Waals surface area contributed by atoms with Gasteiger partial charge in [0.05, 0.1) is 5.51 Å². The number of halogens is 1. The van der Waals surface area contributed by atoms with Crippen molar-refractivity contribution in [3.05, 3.63) is 15.5 Å². The van der Waals surface area contributed by atoms with Gasteiger partial charge in [-0.05, 0) is 26.7 Å². The summed E-state index contributed by atoms with van der Waals surface area (Å²) >= 11 is 7.00. The fraction of sp³-hybridized carbons (Fsp3) is 0.643. The van der Waals surface area contributed by atoms with Crippen molar-refractivity contribution in [3.8, 4) is 0 Å². The van der Waals surface area contributed by atoms with Crippen molar-refractivity contribution in [2.24, 2.45) is 5.92 Å². The van der Waals surface area contributed by atoms with Crippen LogP contribution in [0.5, 0.6) is 0 Å². The van der Waals surface area contributed by atoms with Crippen LogP contribution in [-0.2, 0) is 4.74 Å². The third kappa shape index (κ3) is 6.19. The fourth-order valence-corrected chi connectivity index (χ4v) is 2.59. The number of rotatable bonds is 5. The van der Waals surface area contributed by atoms with Crippen LogP contribution >= 0.6 is 22.9 Å². The molecule has 0 unspecified atom stereocenters. The summed E-state index contributed by atoms with van der Waals surface area (Å²) in [4.78, 5) is 29.5. The monoisotopic (exact) mass is 347 g/mol. The van der Waals surface area contributed by atoms with Gasteiger partial charge in [0.15, 0.2) is 5.15 Å². The van der Waals surface area contributed by atoms with Crippen molar-refractivity contribution in [1.29, 1.82) is 0 Å². The van der Waals surface area contributed by atoms with E-state index in [4.69, 9.17) is 16.3 Å². The molecule has 1 heterocycles.